The molecule has 0 aliphatic carbocycles. The Morgan fingerprint density at radius 2 is 2.11 bits per heavy atom. The Labute approximate surface area is 77.3 Å². The zero-order valence-electron chi connectivity index (χ0n) is 5.00. The van der Waals surface area contributed by atoms with Gasteiger partial charge in [0.25, 0.3) is 0 Å². The molecule has 2 N–H and O–H groups in total. The maximum atomic E-state index is 8.61. The molecule has 52 valence electrons. The van der Waals surface area contributed by atoms with Crippen LogP contribution in [0.15, 0.2) is 0 Å². The maximum absolute atomic E-state index is 8.61. The van der Waals surface area contributed by atoms with E-state index in [0.29, 0.717) is 6.61 Å². The van der Waals surface area contributed by atoms with Crippen LogP contribution in [0.5, 0.6) is 0 Å². The monoisotopic (exact) mass is 144 g/mol. The molecular weight excluding hydrogens is 131 g/mol. The Morgan fingerprint density at radius 3 is 2.44 bits per heavy atom. The van der Waals surface area contributed by atoms with Gasteiger partial charge >= 0.3 is 29.6 Å². The van der Waals surface area contributed by atoms with E-state index in [1.807, 2.05) is 6.92 Å². The fourth-order valence-corrected chi connectivity index (χ4v) is 0.307. The number of hydrogen-bond acceptors (Lipinski definition) is 3. The van der Waals surface area contributed by atoms with Crippen LogP contribution in [0, 0.1) is 0 Å². The van der Waals surface area contributed by atoms with Gasteiger partial charge in [-0.25, -0.2) is 0 Å². The molecule has 0 spiro atoms. The van der Waals surface area contributed by atoms with Gasteiger partial charge in [-0.1, -0.05) is 0 Å². The zero-order chi connectivity index (χ0) is 6.41. The van der Waals surface area contributed by atoms with Gasteiger partial charge in [-0.15, -0.1) is 0 Å². The van der Waals surface area contributed by atoms with Gasteiger partial charge in [-0.05, 0) is 6.92 Å². The average molecular weight is 144 g/mol. The van der Waals surface area contributed by atoms with E-state index in [9.17, 15) is 0 Å². The summed E-state index contributed by atoms with van der Waals surface area (Å²) in [5, 5.41) is 16.8. The number of aliphatic hydroxyl groups is 2. The van der Waals surface area contributed by atoms with Crippen molar-refractivity contribution in [2.45, 2.75) is 13.0 Å². The summed E-state index contributed by atoms with van der Waals surface area (Å²) in [5.74, 6) is 0. The van der Waals surface area contributed by atoms with Crippen LogP contribution in [-0.2, 0) is 4.74 Å². The summed E-state index contributed by atoms with van der Waals surface area (Å²) in [7, 11) is 0. The van der Waals surface area contributed by atoms with Gasteiger partial charge in [0, 0.05) is 6.61 Å². The van der Waals surface area contributed by atoms with E-state index < -0.39 is 6.10 Å². The fraction of sp³-hybridized carbons (Fsp3) is 1.00. The Kier molecular flexibility index (Phi) is 12.4. The van der Waals surface area contributed by atoms with E-state index >= 15 is 0 Å². The fourth-order valence-electron chi connectivity index (χ4n) is 0.307. The van der Waals surface area contributed by atoms with Crippen molar-refractivity contribution in [2.24, 2.45) is 0 Å². The first-order chi connectivity index (χ1) is 3.81. The van der Waals surface area contributed by atoms with Gasteiger partial charge in [-0.3, -0.25) is 0 Å². The van der Waals surface area contributed by atoms with Gasteiger partial charge in [-0.2, -0.15) is 0 Å². The van der Waals surface area contributed by atoms with Crippen molar-refractivity contribution in [3.8, 4) is 0 Å². The zero-order valence-corrected chi connectivity index (χ0v) is 5.00. The number of hydrogen-bond donors (Lipinski definition) is 2. The van der Waals surface area contributed by atoms with E-state index in [1.165, 1.54) is 0 Å². The molecule has 0 heterocycles. The number of aliphatic hydroxyl groups excluding tert-OH is 2. The van der Waals surface area contributed by atoms with Crippen molar-refractivity contribution < 1.29 is 14.9 Å². The van der Waals surface area contributed by atoms with Gasteiger partial charge < -0.3 is 14.9 Å². The SMILES string of the molecule is CCOCC(O)CO.[NaH]. The molecule has 0 aliphatic rings. The summed E-state index contributed by atoms with van der Waals surface area (Å²) in [6, 6.07) is 0. The van der Waals surface area contributed by atoms with Gasteiger partial charge in [0.2, 0.25) is 0 Å². The standard InChI is InChI=1S/C5H12O3.Na.H/c1-2-8-4-5(7)3-6;;/h5-7H,2-4H2,1H3;;. The van der Waals surface area contributed by atoms with Crippen LogP contribution < -0.4 is 0 Å². The summed E-state index contributed by atoms with van der Waals surface area (Å²) in [6.45, 7) is 2.42. The summed E-state index contributed by atoms with van der Waals surface area (Å²) < 4.78 is 4.78. The molecule has 0 rings (SSSR count). The topological polar surface area (TPSA) is 49.7 Å². The molecule has 0 aromatic rings. The molecule has 0 bridgehead atoms. The summed E-state index contributed by atoms with van der Waals surface area (Å²) >= 11 is 0. The van der Waals surface area contributed by atoms with Gasteiger partial charge in [0.15, 0.2) is 0 Å². The van der Waals surface area contributed by atoms with E-state index in [2.05, 4.69) is 0 Å². The molecule has 0 aromatic carbocycles. The number of ether oxygens (including phenoxy) is 1. The first-order valence-corrected chi connectivity index (χ1v) is 2.68. The quantitative estimate of drug-likeness (QED) is 0.483. The van der Waals surface area contributed by atoms with Gasteiger partial charge in [0.1, 0.15) is 6.10 Å². The van der Waals surface area contributed by atoms with E-state index in [1.54, 1.807) is 0 Å². The van der Waals surface area contributed by atoms with Crippen molar-refractivity contribution in [2.75, 3.05) is 19.8 Å². The van der Waals surface area contributed by atoms with Crippen LogP contribution in [0.3, 0.4) is 0 Å². The van der Waals surface area contributed by atoms with Crippen molar-refractivity contribution in [3.63, 3.8) is 0 Å². The molecule has 0 aliphatic heterocycles. The molecule has 0 radical (unpaired) electrons. The van der Waals surface area contributed by atoms with E-state index in [4.69, 9.17) is 14.9 Å². The van der Waals surface area contributed by atoms with Crippen molar-refractivity contribution >= 4 is 29.6 Å². The molecule has 4 heteroatoms. The Hall–Kier alpha value is 0.880. The third-order valence-corrected chi connectivity index (χ3v) is 0.725. The van der Waals surface area contributed by atoms with Crippen LogP contribution in [0.1, 0.15) is 6.92 Å². The molecule has 1 atom stereocenters. The Bertz CT molecular complexity index is 51.5. The summed E-state index contributed by atoms with van der Waals surface area (Å²) in [6.07, 6.45) is -0.713. The predicted molar refractivity (Wildman–Crippen MR) is 36.7 cm³/mol. The summed E-state index contributed by atoms with van der Waals surface area (Å²) in [5.41, 5.74) is 0. The van der Waals surface area contributed by atoms with Crippen LogP contribution in [-0.4, -0.2) is 65.7 Å². The third-order valence-electron chi connectivity index (χ3n) is 0.725. The van der Waals surface area contributed by atoms with Crippen LogP contribution >= 0.6 is 0 Å². The van der Waals surface area contributed by atoms with Crippen LogP contribution in [0.4, 0.5) is 0 Å². The molecule has 1 unspecified atom stereocenters. The molecule has 3 nitrogen and oxygen atoms in total. The van der Waals surface area contributed by atoms with Crippen molar-refractivity contribution in [1.82, 2.24) is 0 Å². The molecule has 0 fully saturated rings. The molecule has 0 saturated carbocycles. The average Bonchev–Trinajstić information content (AvgIpc) is 1.83. The van der Waals surface area contributed by atoms with E-state index in [0.717, 1.165) is 0 Å². The number of rotatable bonds is 4. The summed E-state index contributed by atoms with van der Waals surface area (Å²) in [4.78, 5) is 0. The van der Waals surface area contributed by atoms with E-state index in [-0.39, 0.29) is 42.8 Å². The minimum atomic E-state index is -0.713. The second-order valence-electron chi connectivity index (χ2n) is 1.50. The minimum absolute atomic E-state index is 0. The second-order valence-corrected chi connectivity index (χ2v) is 1.50. The first kappa shape index (κ1) is 12.5. The third kappa shape index (κ3) is 8.88. The molecule has 0 saturated heterocycles. The molecule has 0 amide bonds. The van der Waals surface area contributed by atoms with Crippen LogP contribution in [0.2, 0.25) is 0 Å². The molecular formula is C5H13NaO3. The van der Waals surface area contributed by atoms with Crippen molar-refractivity contribution in [3.05, 3.63) is 0 Å². The first-order valence-electron chi connectivity index (χ1n) is 2.68. The van der Waals surface area contributed by atoms with Crippen LogP contribution in [0.25, 0.3) is 0 Å². The van der Waals surface area contributed by atoms with Crippen molar-refractivity contribution in [1.29, 1.82) is 0 Å². The van der Waals surface area contributed by atoms with Gasteiger partial charge in [0.05, 0.1) is 13.2 Å². The second kappa shape index (κ2) is 8.88. The Balaban J connectivity index is 0. The normalized spacial score (nSPS) is 12.3. The Morgan fingerprint density at radius 1 is 1.56 bits per heavy atom. The predicted octanol–water partition coefficient (Wildman–Crippen LogP) is -1.27. The molecule has 9 heavy (non-hydrogen) atoms. The molecule has 0 aromatic heterocycles.